The van der Waals surface area contributed by atoms with Gasteiger partial charge in [0, 0.05) is 23.7 Å². The van der Waals surface area contributed by atoms with Crippen molar-refractivity contribution in [3.8, 4) is 0 Å². The molecule has 3 aromatic carbocycles. The van der Waals surface area contributed by atoms with Crippen LogP contribution in [-0.2, 0) is 13.1 Å². The SMILES string of the molecule is Cc1ccc(C(=O)NCc2cccc(C3CCN(Cc4ccc(Cl)cc4)CC3)c2)cc1. The van der Waals surface area contributed by atoms with Crippen LogP contribution < -0.4 is 5.32 Å². The first-order chi connectivity index (χ1) is 15.1. The standard InChI is InChI=1S/C27H29ClN2O/c1-20-5-9-24(10-6-20)27(31)29-18-22-3-2-4-25(17-22)23-13-15-30(16-14-23)19-21-7-11-26(28)12-8-21/h2-12,17,23H,13-16,18-19H2,1H3,(H,29,31). The Kier molecular flexibility index (Phi) is 7.06. The monoisotopic (exact) mass is 432 g/mol. The van der Waals surface area contributed by atoms with E-state index in [0.717, 1.165) is 48.6 Å². The predicted molar refractivity (Wildman–Crippen MR) is 127 cm³/mol. The summed E-state index contributed by atoms with van der Waals surface area (Å²) in [6, 6.07) is 24.5. The molecule has 3 nitrogen and oxygen atoms in total. The molecule has 0 saturated carbocycles. The lowest BCUT2D eigenvalue weighted by molar-refractivity contribution is 0.0951. The summed E-state index contributed by atoms with van der Waals surface area (Å²) in [5.41, 5.74) is 5.71. The minimum absolute atomic E-state index is 0.0269. The molecule has 1 amide bonds. The normalized spacial score (nSPS) is 15.0. The molecule has 4 heteroatoms. The zero-order valence-electron chi connectivity index (χ0n) is 18.0. The average Bonchev–Trinajstić information content (AvgIpc) is 2.80. The Morgan fingerprint density at radius 1 is 0.968 bits per heavy atom. The third kappa shape index (κ3) is 5.96. The first kappa shape index (κ1) is 21.6. The van der Waals surface area contributed by atoms with E-state index in [9.17, 15) is 4.79 Å². The molecule has 1 N–H and O–H groups in total. The minimum atomic E-state index is -0.0269. The second-order valence-electron chi connectivity index (χ2n) is 8.47. The fraction of sp³-hybridized carbons (Fsp3) is 0.296. The van der Waals surface area contributed by atoms with Gasteiger partial charge in [0.05, 0.1) is 0 Å². The van der Waals surface area contributed by atoms with Gasteiger partial charge in [-0.25, -0.2) is 0 Å². The molecule has 0 radical (unpaired) electrons. The highest BCUT2D eigenvalue weighted by Crippen LogP contribution is 2.29. The van der Waals surface area contributed by atoms with Crippen molar-refractivity contribution in [1.82, 2.24) is 10.2 Å². The van der Waals surface area contributed by atoms with Crippen molar-refractivity contribution >= 4 is 17.5 Å². The molecule has 31 heavy (non-hydrogen) atoms. The molecule has 0 unspecified atom stereocenters. The Morgan fingerprint density at radius 2 is 1.68 bits per heavy atom. The van der Waals surface area contributed by atoms with Crippen LogP contribution in [0.4, 0.5) is 0 Å². The van der Waals surface area contributed by atoms with E-state index in [1.54, 1.807) is 0 Å². The van der Waals surface area contributed by atoms with Gasteiger partial charge in [0.25, 0.3) is 5.91 Å². The summed E-state index contributed by atoms with van der Waals surface area (Å²) in [6.07, 6.45) is 2.32. The highest BCUT2D eigenvalue weighted by molar-refractivity contribution is 6.30. The van der Waals surface area contributed by atoms with Gasteiger partial charge in [-0.15, -0.1) is 0 Å². The molecule has 1 aliphatic heterocycles. The molecule has 3 aromatic rings. The van der Waals surface area contributed by atoms with Crippen molar-refractivity contribution in [3.05, 3.63) is 106 Å². The number of piperidine rings is 1. The maximum atomic E-state index is 12.4. The van der Waals surface area contributed by atoms with Gasteiger partial charge in [-0.05, 0) is 79.7 Å². The number of halogens is 1. The number of nitrogens with one attached hydrogen (secondary N) is 1. The molecule has 1 aliphatic rings. The summed E-state index contributed by atoms with van der Waals surface area (Å²) < 4.78 is 0. The van der Waals surface area contributed by atoms with Gasteiger partial charge in [-0.2, -0.15) is 0 Å². The molecule has 1 fully saturated rings. The van der Waals surface area contributed by atoms with Crippen LogP contribution in [0.5, 0.6) is 0 Å². The average molecular weight is 433 g/mol. The number of aryl methyl sites for hydroxylation is 1. The van der Waals surface area contributed by atoms with Crippen LogP contribution in [0.2, 0.25) is 5.02 Å². The van der Waals surface area contributed by atoms with Gasteiger partial charge >= 0.3 is 0 Å². The first-order valence-electron chi connectivity index (χ1n) is 11.0. The fourth-order valence-corrected chi connectivity index (χ4v) is 4.34. The van der Waals surface area contributed by atoms with Crippen molar-refractivity contribution in [3.63, 3.8) is 0 Å². The smallest absolute Gasteiger partial charge is 0.251 e. The lowest BCUT2D eigenvalue weighted by Gasteiger charge is -2.32. The molecular weight excluding hydrogens is 404 g/mol. The fourth-order valence-electron chi connectivity index (χ4n) is 4.22. The molecule has 0 atom stereocenters. The van der Waals surface area contributed by atoms with Gasteiger partial charge in [-0.1, -0.05) is 65.7 Å². The highest BCUT2D eigenvalue weighted by atomic mass is 35.5. The number of carbonyl (C=O) groups is 1. The Morgan fingerprint density at radius 3 is 2.39 bits per heavy atom. The van der Waals surface area contributed by atoms with Crippen LogP contribution in [0, 0.1) is 6.92 Å². The second kappa shape index (κ2) is 10.1. The van der Waals surface area contributed by atoms with Crippen LogP contribution in [0.25, 0.3) is 0 Å². The Hall–Kier alpha value is -2.62. The van der Waals surface area contributed by atoms with E-state index in [0.29, 0.717) is 18.0 Å². The summed E-state index contributed by atoms with van der Waals surface area (Å²) in [5.74, 6) is 0.551. The molecule has 160 valence electrons. The van der Waals surface area contributed by atoms with Gasteiger partial charge in [0.15, 0.2) is 0 Å². The number of nitrogens with zero attached hydrogens (tertiary/aromatic N) is 1. The number of benzene rings is 3. The number of hydrogen-bond acceptors (Lipinski definition) is 2. The molecule has 0 bridgehead atoms. The van der Waals surface area contributed by atoms with Crippen molar-refractivity contribution < 1.29 is 4.79 Å². The van der Waals surface area contributed by atoms with E-state index in [2.05, 4.69) is 46.6 Å². The van der Waals surface area contributed by atoms with Gasteiger partial charge in [0.1, 0.15) is 0 Å². The summed E-state index contributed by atoms with van der Waals surface area (Å²) >= 11 is 5.99. The Bertz CT molecular complexity index is 1010. The number of rotatable bonds is 6. The molecule has 0 spiro atoms. The lowest BCUT2D eigenvalue weighted by atomic mass is 9.88. The molecule has 1 saturated heterocycles. The van der Waals surface area contributed by atoms with Crippen LogP contribution in [0.15, 0.2) is 72.8 Å². The maximum Gasteiger partial charge on any atom is 0.251 e. The third-order valence-electron chi connectivity index (χ3n) is 6.10. The quantitative estimate of drug-likeness (QED) is 0.521. The van der Waals surface area contributed by atoms with E-state index in [1.165, 1.54) is 11.1 Å². The van der Waals surface area contributed by atoms with E-state index in [-0.39, 0.29) is 5.91 Å². The third-order valence-corrected chi connectivity index (χ3v) is 6.35. The van der Waals surface area contributed by atoms with Crippen molar-refractivity contribution in [2.45, 2.75) is 38.8 Å². The lowest BCUT2D eigenvalue weighted by Crippen LogP contribution is -2.32. The summed E-state index contributed by atoms with van der Waals surface area (Å²) in [4.78, 5) is 14.9. The van der Waals surface area contributed by atoms with E-state index >= 15 is 0 Å². The zero-order valence-corrected chi connectivity index (χ0v) is 18.7. The summed E-state index contributed by atoms with van der Waals surface area (Å²) in [6.45, 7) is 5.75. The summed E-state index contributed by atoms with van der Waals surface area (Å²) in [7, 11) is 0. The Balaban J connectivity index is 1.29. The summed E-state index contributed by atoms with van der Waals surface area (Å²) in [5, 5.41) is 3.84. The number of hydrogen-bond donors (Lipinski definition) is 1. The van der Waals surface area contributed by atoms with Crippen LogP contribution in [-0.4, -0.2) is 23.9 Å². The molecular formula is C27H29ClN2O. The van der Waals surface area contributed by atoms with Crippen molar-refractivity contribution in [2.75, 3.05) is 13.1 Å². The van der Waals surface area contributed by atoms with Crippen molar-refractivity contribution in [1.29, 1.82) is 0 Å². The van der Waals surface area contributed by atoms with Crippen LogP contribution >= 0.6 is 11.6 Å². The zero-order chi connectivity index (χ0) is 21.6. The van der Waals surface area contributed by atoms with Crippen molar-refractivity contribution in [2.24, 2.45) is 0 Å². The topological polar surface area (TPSA) is 32.3 Å². The molecule has 1 heterocycles. The van der Waals surface area contributed by atoms with Crippen LogP contribution in [0.1, 0.15) is 51.4 Å². The largest absolute Gasteiger partial charge is 0.348 e. The Labute approximate surface area is 190 Å². The number of amides is 1. The molecule has 0 aromatic heterocycles. The van der Waals surface area contributed by atoms with Gasteiger partial charge in [0.2, 0.25) is 0 Å². The van der Waals surface area contributed by atoms with Crippen LogP contribution in [0.3, 0.4) is 0 Å². The minimum Gasteiger partial charge on any atom is -0.348 e. The molecule has 0 aliphatic carbocycles. The molecule has 4 rings (SSSR count). The van der Waals surface area contributed by atoms with Gasteiger partial charge < -0.3 is 5.32 Å². The number of likely N-dealkylation sites (tertiary alicyclic amines) is 1. The maximum absolute atomic E-state index is 12.4. The van der Waals surface area contributed by atoms with E-state index in [4.69, 9.17) is 11.6 Å². The van der Waals surface area contributed by atoms with Gasteiger partial charge in [-0.3, -0.25) is 9.69 Å². The predicted octanol–water partition coefficient (Wildman–Crippen LogP) is 5.96. The van der Waals surface area contributed by atoms with E-state index < -0.39 is 0 Å². The number of carbonyl (C=O) groups excluding carboxylic acids is 1. The van der Waals surface area contributed by atoms with E-state index in [1.807, 2.05) is 43.3 Å². The second-order valence-corrected chi connectivity index (χ2v) is 8.91. The highest BCUT2D eigenvalue weighted by Gasteiger charge is 2.21. The first-order valence-corrected chi connectivity index (χ1v) is 11.3.